The molecule has 38 heavy (non-hydrogen) atoms. The van der Waals surface area contributed by atoms with E-state index in [4.69, 9.17) is 4.74 Å². The molecular formula is C33H51NO4. The minimum Gasteiger partial charge on any atom is -0.462 e. The lowest BCUT2D eigenvalue weighted by Crippen LogP contribution is -2.55. The predicted molar refractivity (Wildman–Crippen MR) is 150 cm³/mol. The summed E-state index contributed by atoms with van der Waals surface area (Å²) >= 11 is 0. The topological polar surface area (TPSA) is 72.8 Å². The lowest BCUT2D eigenvalue weighted by molar-refractivity contribution is -0.174. The SMILES string of the molecule is CC(=O)O[C@H]1CC[C@@]2(C)C(CC[C@@H](C)[C@]3(C)CC[C@@]4(C)CC[C@](C)(N=C=O)C[C@H]4/C3=C/C(=O)[C@H]2C)C1(C)C. The van der Waals surface area contributed by atoms with E-state index in [1.165, 1.54) is 12.5 Å². The number of allylic oxidation sites excluding steroid dienone is 2. The van der Waals surface area contributed by atoms with Crippen LogP contribution in [0.3, 0.4) is 0 Å². The van der Waals surface area contributed by atoms with Crippen LogP contribution < -0.4 is 0 Å². The summed E-state index contributed by atoms with van der Waals surface area (Å²) in [5, 5.41) is 0. The summed E-state index contributed by atoms with van der Waals surface area (Å²) < 4.78 is 5.86. The van der Waals surface area contributed by atoms with Gasteiger partial charge in [-0.3, -0.25) is 9.59 Å². The fourth-order valence-electron chi connectivity index (χ4n) is 9.43. The van der Waals surface area contributed by atoms with Crippen molar-refractivity contribution in [3.05, 3.63) is 11.6 Å². The van der Waals surface area contributed by atoms with E-state index < -0.39 is 5.54 Å². The van der Waals surface area contributed by atoms with Gasteiger partial charge in [0.05, 0.1) is 5.54 Å². The van der Waals surface area contributed by atoms with Crippen LogP contribution in [0.4, 0.5) is 0 Å². The average molecular weight is 526 g/mol. The third-order valence-electron chi connectivity index (χ3n) is 12.8. The molecule has 0 bridgehead atoms. The number of carbonyl (C=O) groups is 2. The van der Waals surface area contributed by atoms with Crippen LogP contribution in [0.2, 0.25) is 0 Å². The van der Waals surface area contributed by atoms with E-state index in [-0.39, 0.29) is 57.3 Å². The number of hydrogen-bond donors (Lipinski definition) is 0. The van der Waals surface area contributed by atoms with Gasteiger partial charge in [0.15, 0.2) is 5.78 Å². The lowest BCUT2D eigenvalue weighted by atomic mass is 9.45. The van der Waals surface area contributed by atoms with Gasteiger partial charge in [0.25, 0.3) is 0 Å². The van der Waals surface area contributed by atoms with E-state index in [0.29, 0.717) is 5.92 Å². The number of esters is 1. The number of fused-ring (bicyclic) bond motifs is 4. The van der Waals surface area contributed by atoms with Crippen LogP contribution in [-0.4, -0.2) is 29.5 Å². The Balaban J connectivity index is 1.80. The molecule has 4 rings (SSSR count). The Kier molecular flexibility index (Phi) is 7.48. The number of aliphatic imine (C=N–C) groups is 1. The number of ketones is 1. The van der Waals surface area contributed by atoms with E-state index in [9.17, 15) is 14.4 Å². The van der Waals surface area contributed by atoms with E-state index in [0.717, 1.165) is 57.8 Å². The highest BCUT2D eigenvalue weighted by molar-refractivity contribution is 5.93. The zero-order valence-corrected chi connectivity index (χ0v) is 25.4. The Labute approximate surface area is 230 Å². The van der Waals surface area contributed by atoms with Crippen molar-refractivity contribution in [3.63, 3.8) is 0 Å². The second kappa shape index (κ2) is 9.72. The van der Waals surface area contributed by atoms with Crippen molar-refractivity contribution in [1.29, 1.82) is 0 Å². The predicted octanol–water partition coefficient (Wildman–Crippen LogP) is 7.62. The molecule has 0 aromatic heterocycles. The van der Waals surface area contributed by atoms with Gasteiger partial charge in [0.1, 0.15) is 6.10 Å². The van der Waals surface area contributed by atoms with Crippen molar-refractivity contribution in [2.75, 3.05) is 0 Å². The largest absolute Gasteiger partial charge is 0.462 e. The highest BCUT2D eigenvalue weighted by atomic mass is 16.5. The lowest BCUT2D eigenvalue weighted by Gasteiger charge is -2.59. The molecular weight excluding hydrogens is 474 g/mol. The summed E-state index contributed by atoms with van der Waals surface area (Å²) in [4.78, 5) is 41.8. The standard InChI is InChI=1S/C33H51NO4/c1-21-10-11-27-29(4,5)28(38-23(3)36)12-13-33(27,9)22(2)26(37)18-24-25-19-31(7,34-20-35)16-14-30(25,6)15-17-32(21,24)8/h18,21-22,25,27-28H,10-17,19H2,1-9H3/b24-18-/t21-,22-,25+,27?,28+,30-,31+,32+,33-/m1/s1. The van der Waals surface area contributed by atoms with Gasteiger partial charge in [-0.05, 0) is 105 Å². The molecule has 3 fully saturated rings. The maximum absolute atomic E-state index is 14.3. The summed E-state index contributed by atoms with van der Waals surface area (Å²) in [5.41, 5.74) is 0.606. The number of ether oxygens (including phenoxy) is 1. The monoisotopic (exact) mass is 525 g/mol. The molecule has 0 aliphatic heterocycles. The molecule has 212 valence electrons. The van der Waals surface area contributed by atoms with Gasteiger partial charge >= 0.3 is 5.97 Å². The average Bonchev–Trinajstić information content (AvgIpc) is 2.83. The smallest absolute Gasteiger partial charge is 0.302 e. The molecule has 3 saturated carbocycles. The molecule has 0 N–H and O–H groups in total. The zero-order chi connectivity index (χ0) is 28.3. The molecule has 0 saturated heterocycles. The summed E-state index contributed by atoms with van der Waals surface area (Å²) in [6.07, 6.45) is 12.5. The molecule has 0 amide bonds. The van der Waals surface area contributed by atoms with E-state index >= 15 is 0 Å². The summed E-state index contributed by atoms with van der Waals surface area (Å²) in [5.74, 6) is 0.845. The van der Waals surface area contributed by atoms with Crippen molar-refractivity contribution in [3.8, 4) is 0 Å². The van der Waals surface area contributed by atoms with Crippen molar-refractivity contribution in [2.24, 2.45) is 50.3 Å². The first-order valence-electron chi connectivity index (χ1n) is 15.0. The molecule has 5 heteroatoms. The molecule has 0 aromatic rings. The number of carbonyl (C=O) groups excluding carboxylic acids is 3. The summed E-state index contributed by atoms with van der Waals surface area (Å²) in [6.45, 7) is 19.7. The van der Waals surface area contributed by atoms with Crippen LogP contribution in [0.25, 0.3) is 0 Å². The molecule has 4 aliphatic carbocycles. The Bertz CT molecular complexity index is 1060. The highest BCUT2D eigenvalue weighted by Crippen LogP contribution is 2.64. The quantitative estimate of drug-likeness (QED) is 0.211. The minimum absolute atomic E-state index is 0.0649. The number of rotatable bonds is 2. The molecule has 0 aromatic carbocycles. The van der Waals surface area contributed by atoms with Gasteiger partial charge in [-0.1, -0.05) is 54.0 Å². The number of nitrogens with zero attached hydrogens (tertiary/aromatic N) is 1. The number of isocyanates is 1. The first-order valence-corrected chi connectivity index (χ1v) is 15.0. The second-order valence-corrected chi connectivity index (χ2v) is 15.2. The van der Waals surface area contributed by atoms with Crippen LogP contribution in [-0.2, 0) is 19.1 Å². The van der Waals surface area contributed by atoms with Crippen LogP contribution in [0.15, 0.2) is 16.6 Å². The Morgan fingerprint density at radius 1 is 0.974 bits per heavy atom. The summed E-state index contributed by atoms with van der Waals surface area (Å²) in [7, 11) is 0. The molecule has 0 heterocycles. The Hall–Kier alpha value is -1.74. The third kappa shape index (κ3) is 4.65. The molecule has 4 aliphatic rings. The van der Waals surface area contributed by atoms with Gasteiger partial charge in [-0.25, -0.2) is 4.79 Å². The van der Waals surface area contributed by atoms with Crippen molar-refractivity contribution < 1.29 is 19.1 Å². The van der Waals surface area contributed by atoms with Crippen molar-refractivity contribution in [2.45, 2.75) is 132 Å². The van der Waals surface area contributed by atoms with E-state index in [1.54, 1.807) is 0 Å². The third-order valence-corrected chi connectivity index (χ3v) is 12.8. The summed E-state index contributed by atoms with van der Waals surface area (Å²) in [6, 6.07) is 0. The van der Waals surface area contributed by atoms with Crippen LogP contribution in [0.1, 0.15) is 120 Å². The molecule has 1 unspecified atom stereocenters. The molecule has 0 spiro atoms. The maximum Gasteiger partial charge on any atom is 0.302 e. The van der Waals surface area contributed by atoms with Gasteiger partial charge in [0, 0.05) is 18.3 Å². The van der Waals surface area contributed by atoms with Gasteiger partial charge < -0.3 is 4.74 Å². The normalized spacial score (nSPS) is 48.2. The van der Waals surface area contributed by atoms with E-state index in [1.807, 2.05) is 6.08 Å². The van der Waals surface area contributed by atoms with Crippen molar-refractivity contribution in [1.82, 2.24) is 0 Å². The Morgan fingerprint density at radius 2 is 1.63 bits per heavy atom. The molecule has 9 atom stereocenters. The van der Waals surface area contributed by atoms with Crippen LogP contribution in [0.5, 0.6) is 0 Å². The van der Waals surface area contributed by atoms with Gasteiger partial charge in [-0.2, -0.15) is 4.99 Å². The second-order valence-electron chi connectivity index (χ2n) is 15.2. The van der Waals surface area contributed by atoms with Gasteiger partial charge in [0.2, 0.25) is 6.08 Å². The molecule has 0 radical (unpaired) electrons. The first-order chi connectivity index (χ1) is 17.5. The van der Waals surface area contributed by atoms with Crippen LogP contribution >= 0.6 is 0 Å². The fraction of sp³-hybridized carbons (Fsp3) is 0.848. The molecule has 5 nitrogen and oxygen atoms in total. The minimum atomic E-state index is -0.408. The maximum atomic E-state index is 14.3. The first kappa shape index (κ1) is 29.2. The zero-order valence-electron chi connectivity index (χ0n) is 25.4. The van der Waals surface area contributed by atoms with Gasteiger partial charge in [-0.15, -0.1) is 0 Å². The van der Waals surface area contributed by atoms with Crippen LogP contribution in [0, 0.1) is 45.3 Å². The van der Waals surface area contributed by atoms with E-state index in [2.05, 4.69) is 66.5 Å². The number of hydrogen-bond acceptors (Lipinski definition) is 5. The van der Waals surface area contributed by atoms with Crippen molar-refractivity contribution >= 4 is 17.8 Å². The highest BCUT2D eigenvalue weighted by Gasteiger charge is 2.58. The Morgan fingerprint density at radius 3 is 2.26 bits per heavy atom. The fourth-order valence-corrected chi connectivity index (χ4v) is 9.43.